The van der Waals surface area contributed by atoms with E-state index < -0.39 is 18.3 Å². The third-order valence-electron chi connectivity index (χ3n) is 4.71. The van der Waals surface area contributed by atoms with Crippen molar-refractivity contribution in [3.05, 3.63) is 23.8 Å². The van der Waals surface area contributed by atoms with E-state index in [1.807, 2.05) is 39.8 Å². The van der Waals surface area contributed by atoms with E-state index in [9.17, 15) is 4.79 Å². The summed E-state index contributed by atoms with van der Waals surface area (Å²) in [6.07, 6.45) is 0. The second-order valence-corrected chi connectivity index (χ2v) is 7.38. The molecule has 138 valence electrons. The fraction of sp³-hybridized carbons (Fsp3) is 0.611. The first-order valence-corrected chi connectivity index (χ1v) is 8.42. The zero-order valence-electron chi connectivity index (χ0n) is 16.2. The van der Waals surface area contributed by atoms with Gasteiger partial charge in [0.15, 0.2) is 0 Å². The number of benzene rings is 1. The van der Waals surface area contributed by atoms with Crippen molar-refractivity contribution >= 4 is 18.5 Å². The Bertz CT molecular complexity index is 614. The summed E-state index contributed by atoms with van der Waals surface area (Å²) >= 11 is 0. The molecule has 0 spiro atoms. The van der Waals surface area contributed by atoms with Gasteiger partial charge in [-0.15, -0.1) is 0 Å². The summed E-state index contributed by atoms with van der Waals surface area (Å²) in [6.45, 7) is 8.83. The lowest BCUT2D eigenvalue weighted by atomic mass is 9.78. The van der Waals surface area contributed by atoms with Gasteiger partial charge in [-0.25, -0.2) is 0 Å². The highest BCUT2D eigenvalue weighted by atomic mass is 16.7. The van der Waals surface area contributed by atoms with Gasteiger partial charge in [-0.1, -0.05) is 6.07 Å². The number of nitrogens with zero attached hydrogens (tertiary/aromatic N) is 1. The van der Waals surface area contributed by atoms with Gasteiger partial charge in [-0.05, 0) is 45.3 Å². The predicted octanol–water partition coefficient (Wildman–Crippen LogP) is 1.71. The maximum absolute atomic E-state index is 12.4. The third kappa shape index (κ3) is 4.16. The van der Waals surface area contributed by atoms with Crippen molar-refractivity contribution in [2.45, 2.75) is 38.9 Å². The first kappa shape index (κ1) is 19.8. The van der Waals surface area contributed by atoms with Gasteiger partial charge in [0.05, 0.1) is 23.4 Å². The molecule has 1 aliphatic rings. The van der Waals surface area contributed by atoms with Gasteiger partial charge < -0.3 is 23.7 Å². The van der Waals surface area contributed by atoms with Crippen LogP contribution in [-0.4, -0.2) is 63.5 Å². The van der Waals surface area contributed by atoms with Gasteiger partial charge in [-0.3, -0.25) is 4.79 Å². The molecule has 25 heavy (non-hydrogen) atoms. The van der Waals surface area contributed by atoms with Crippen molar-refractivity contribution < 1.29 is 23.6 Å². The summed E-state index contributed by atoms with van der Waals surface area (Å²) in [4.78, 5) is 13.9. The number of carbonyl (C=O) groups is 1. The van der Waals surface area contributed by atoms with Gasteiger partial charge in [0, 0.05) is 21.2 Å². The molecule has 0 atom stereocenters. The summed E-state index contributed by atoms with van der Waals surface area (Å²) in [6, 6.07) is 5.42. The minimum atomic E-state index is -0.502. The van der Waals surface area contributed by atoms with Crippen molar-refractivity contribution in [1.29, 1.82) is 0 Å². The van der Waals surface area contributed by atoms with Crippen molar-refractivity contribution in [2.24, 2.45) is 0 Å². The van der Waals surface area contributed by atoms with E-state index >= 15 is 0 Å². The summed E-state index contributed by atoms with van der Waals surface area (Å²) < 4.78 is 23.0. The molecule has 0 radical (unpaired) electrons. The number of hydrogen-bond donors (Lipinski definition) is 0. The summed E-state index contributed by atoms with van der Waals surface area (Å²) in [5.74, 6) is 0.385. The van der Waals surface area contributed by atoms with Crippen LogP contribution in [0.3, 0.4) is 0 Å². The molecule has 1 aliphatic heterocycles. The standard InChI is InChI=1S/C18H28BNO5/c1-17(2)18(3,4)25-19(24-17)13-8-9-14(16(21)20(5)6)15(12-13)23-11-10-22-7/h8-9,12H,10-11H2,1-7H3. The molecule has 7 heteroatoms. The quantitative estimate of drug-likeness (QED) is 0.578. The molecule has 0 saturated carbocycles. The maximum Gasteiger partial charge on any atom is 0.494 e. The molecule has 1 aromatic carbocycles. The Balaban J connectivity index is 2.32. The lowest BCUT2D eigenvalue weighted by Crippen LogP contribution is -2.41. The molecule has 0 bridgehead atoms. The van der Waals surface area contributed by atoms with Crippen molar-refractivity contribution in [2.75, 3.05) is 34.4 Å². The zero-order chi connectivity index (χ0) is 18.8. The van der Waals surface area contributed by atoms with Gasteiger partial charge in [0.1, 0.15) is 12.4 Å². The fourth-order valence-corrected chi connectivity index (χ4v) is 2.44. The van der Waals surface area contributed by atoms with E-state index in [2.05, 4.69) is 0 Å². The molecule has 0 aliphatic carbocycles. The highest BCUT2D eigenvalue weighted by Crippen LogP contribution is 2.36. The first-order chi connectivity index (χ1) is 11.6. The number of amides is 1. The van der Waals surface area contributed by atoms with E-state index in [0.717, 1.165) is 5.46 Å². The van der Waals surface area contributed by atoms with Crippen LogP contribution in [0.5, 0.6) is 5.75 Å². The second kappa shape index (κ2) is 7.36. The molecule has 1 aromatic rings. The Morgan fingerprint density at radius 3 is 2.24 bits per heavy atom. The lowest BCUT2D eigenvalue weighted by molar-refractivity contribution is 0.00578. The molecule has 6 nitrogen and oxygen atoms in total. The Hall–Kier alpha value is -1.57. The Kier molecular flexibility index (Phi) is 5.81. The summed E-state index contributed by atoms with van der Waals surface area (Å²) in [5, 5.41) is 0. The van der Waals surface area contributed by atoms with Crippen LogP contribution in [0.4, 0.5) is 0 Å². The largest absolute Gasteiger partial charge is 0.494 e. The number of hydrogen-bond acceptors (Lipinski definition) is 5. The highest BCUT2D eigenvalue weighted by Gasteiger charge is 2.51. The van der Waals surface area contributed by atoms with Crippen molar-refractivity contribution in [1.82, 2.24) is 4.90 Å². The average Bonchev–Trinajstić information content (AvgIpc) is 2.75. The van der Waals surface area contributed by atoms with Gasteiger partial charge in [-0.2, -0.15) is 0 Å². The van der Waals surface area contributed by atoms with Gasteiger partial charge >= 0.3 is 7.12 Å². The smallest absolute Gasteiger partial charge is 0.490 e. The Morgan fingerprint density at radius 1 is 1.12 bits per heavy atom. The monoisotopic (exact) mass is 349 g/mol. The molecular formula is C18H28BNO5. The third-order valence-corrected chi connectivity index (χ3v) is 4.71. The maximum atomic E-state index is 12.4. The van der Waals surface area contributed by atoms with Crippen LogP contribution in [0, 0.1) is 0 Å². The van der Waals surface area contributed by atoms with Crippen LogP contribution in [0.15, 0.2) is 18.2 Å². The van der Waals surface area contributed by atoms with E-state index in [4.69, 9.17) is 18.8 Å². The van der Waals surface area contributed by atoms with Crippen LogP contribution < -0.4 is 10.2 Å². The van der Waals surface area contributed by atoms with Gasteiger partial charge in [0.25, 0.3) is 5.91 Å². The topological polar surface area (TPSA) is 57.2 Å². The van der Waals surface area contributed by atoms with E-state index in [1.165, 1.54) is 4.90 Å². The normalized spacial score (nSPS) is 18.3. The highest BCUT2D eigenvalue weighted by molar-refractivity contribution is 6.62. The zero-order valence-corrected chi connectivity index (χ0v) is 16.2. The minimum absolute atomic E-state index is 0.118. The fourth-order valence-electron chi connectivity index (χ4n) is 2.44. The Morgan fingerprint density at radius 2 is 1.72 bits per heavy atom. The average molecular weight is 349 g/mol. The van der Waals surface area contributed by atoms with E-state index in [0.29, 0.717) is 24.5 Å². The molecule has 1 amide bonds. The van der Waals surface area contributed by atoms with E-state index in [1.54, 1.807) is 27.3 Å². The second-order valence-electron chi connectivity index (χ2n) is 7.38. The molecule has 1 heterocycles. The van der Waals surface area contributed by atoms with Crippen LogP contribution >= 0.6 is 0 Å². The first-order valence-electron chi connectivity index (χ1n) is 8.42. The summed E-state index contributed by atoms with van der Waals surface area (Å²) in [5.41, 5.74) is 0.474. The van der Waals surface area contributed by atoms with Crippen molar-refractivity contribution in [3.63, 3.8) is 0 Å². The molecule has 0 N–H and O–H groups in total. The van der Waals surface area contributed by atoms with Crippen LogP contribution in [-0.2, 0) is 14.0 Å². The molecule has 2 rings (SSSR count). The van der Waals surface area contributed by atoms with Crippen LogP contribution in [0.1, 0.15) is 38.1 Å². The molecular weight excluding hydrogens is 321 g/mol. The van der Waals surface area contributed by atoms with Crippen LogP contribution in [0.25, 0.3) is 0 Å². The molecule has 0 aromatic heterocycles. The number of rotatable bonds is 6. The molecule has 0 unspecified atom stereocenters. The molecule has 1 saturated heterocycles. The Labute approximate surface area is 150 Å². The predicted molar refractivity (Wildman–Crippen MR) is 97.5 cm³/mol. The number of methoxy groups -OCH3 is 1. The van der Waals surface area contributed by atoms with E-state index in [-0.39, 0.29) is 5.91 Å². The number of ether oxygens (including phenoxy) is 2. The minimum Gasteiger partial charge on any atom is -0.490 e. The SMILES string of the molecule is COCCOc1cc(B2OC(C)(C)C(C)(C)O2)ccc1C(=O)N(C)C. The number of carbonyl (C=O) groups excluding carboxylic acids is 1. The lowest BCUT2D eigenvalue weighted by Gasteiger charge is -2.32. The molecule has 1 fully saturated rings. The van der Waals surface area contributed by atoms with Crippen molar-refractivity contribution in [3.8, 4) is 5.75 Å². The van der Waals surface area contributed by atoms with Crippen LogP contribution in [0.2, 0.25) is 0 Å². The summed E-state index contributed by atoms with van der Waals surface area (Å²) in [7, 11) is 4.53. The van der Waals surface area contributed by atoms with Gasteiger partial charge in [0.2, 0.25) is 0 Å².